The minimum absolute atomic E-state index is 0.144. The fourth-order valence-corrected chi connectivity index (χ4v) is 2.14. The maximum Gasteiger partial charge on any atom is 0.232 e. The molecule has 14 heavy (non-hydrogen) atoms. The number of halogens is 6. The van der Waals surface area contributed by atoms with E-state index in [2.05, 4.69) is 4.98 Å². The highest BCUT2D eigenvalue weighted by atomic mass is 35.6. The average molecular weight is 314 g/mol. The highest BCUT2D eigenvalue weighted by Crippen LogP contribution is 2.44. The molecule has 0 radical (unpaired) electrons. The molecular formula is C7H3Cl6N. The third-order valence-electron chi connectivity index (χ3n) is 1.42. The van der Waals surface area contributed by atoms with Crippen LogP contribution >= 0.6 is 69.6 Å². The first kappa shape index (κ1) is 13.0. The zero-order chi connectivity index (χ0) is 10.9. The molecule has 1 heterocycles. The minimum atomic E-state index is -1.69. The van der Waals surface area contributed by atoms with Gasteiger partial charge in [0, 0.05) is 16.8 Å². The molecule has 0 aliphatic rings. The van der Waals surface area contributed by atoms with Gasteiger partial charge in [-0.1, -0.05) is 69.6 Å². The number of pyridine rings is 1. The zero-order valence-electron chi connectivity index (χ0n) is 6.45. The Morgan fingerprint density at radius 3 is 2.14 bits per heavy atom. The quantitative estimate of drug-likeness (QED) is 0.662. The summed E-state index contributed by atoms with van der Waals surface area (Å²) in [6, 6.07) is 1.52. The van der Waals surface area contributed by atoms with Gasteiger partial charge in [0.2, 0.25) is 3.79 Å². The number of hydrogen-bond donors (Lipinski definition) is 0. The molecule has 0 saturated heterocycles. The molecule has 0 fully saturated rings. The second-order valence-electron chi connectivity index (χ2n) is 2.35. The van der Waals surface area contributed by atoms with Gasteiger partial charge in [-0.25, -0.2) is 0 Å². The van der Waals surface area contributed by atoms with Crippen molar-refractivity contribution in [3.63, 3.8) is 0 Å². The number of nitrogens with zero attached hydrogens (tertiary/aromatic N) is 1. The van der Waals surface area contributed by atoms with Crippen molar-refractivity contribution in [3.8, 4) is 0 Å². The third kappa shape index (κ3) is 2.94. The molecular weight excluding hydrogens is 311 g/mol. The van der Waals surface area contributed by atoms with Crippen LogP contribution in [0.4, 0.5) is 0 Å². The Hall–Kier alpha value is 0.890. The maximum absolute atomic E-state index is 5.85. The van der Waals surface area contributed by atoms with Gasteiger partial charge in [0.25, 0.3) is 0 Å². The van der Waals surface area contributed by atoms with Gasteiger partial charge in [-0.2, -0.15) is 0 Å². The molecule has 0 N–H and O–H groups in total. The topological polar surface area (TPSA) is 12.9 Å². The summed E-state index contributed by atoms with van der Waals surface area (Å²) in [4.78, 5) is 3.00. The lowest BCUT2D eigenvalue weighted by atomic mass is 10.2. The lowest BCUT2D eigenvalue weighted by Crippen LogP contribution is -2.08. The van der Waals surface area contributed by atoms with Gasteiger partial charge in [-0.3, -0.25) is 4.98 Å². The summed E-state index contributed by atoms with van der Waals surface area (Å²) in [6.45, 7) is 0. The van der Waals surface area contributed by atoms with Crippen LogP contribution in [0.15, 0.2) is 12.3 Å². The summed E-state index contributed by atoms with van der Waals surface area (Å²) >= 11 is 34.2. The smallest absolute Gasteiger partial charge is 0.232 e. The van der Waals surface area contributed by atoms with E-state index in [9.17, 15) is 0 Å². The van der Waals surface area contributed by atoms with E-state index >= 15 is 0 Å². The molecule has 0 atom stereocenters. The first-order valence-electron chi connectivity index (χ1n) is 3.33. The number of rotatable bonds is 1. The molecule has 0 aliphatic carbocycles. The second kappa shape index (κ2) is 4.82. The van der Waals surface area contributed by atoms with Gasteiger partial charge in [0.1, 0.15) is 4.84 Å². The van der Waals surface area contributed by atoms with Gasteiger partial charge >= 0.3 is 0 Å². The molecule has 0 aromatic carbocycles. The van der Waals surface area contributed by atoms with Gasteiger partial charge < -0.3 is 0 Å². The molecule has 0 amide bonds. The van der Waals surface area contributed by atoms with Crippen molar-refractivity contribution in [2.45, 2.75) is 8.63 Å². The van der Waals surface area contributed by atoms with Crippen LogP contribution in [0.25, 0.3) is 0 Å². The molecule has 1 aromatic heterocycles. The van der Waals surface area contributed by atoms with Crippen LogP contribution in [0, 0.1) is 0 Å². The molecule has 1 rings (SSSR count). The Kier molecular flexibility index (Phi) is 4.46. The Labute approximate surface area is 111 Å². The molecule has 0 unspecified atom stereocenters. The molecule has 0 saturated carbocycles. The normalized spacial score (nSPS) is 12.2. The molecule has 1 nitrogen and oxygen atoms in total. The van der Waals surface area contributed by atoms with E-state index in [-0.39, 0.29) is 5.69 Å². The van der Waals surface area contributed by atoms with Gasteiger partial charge in [0.15, 0.2) is 0 Å². The van der Waals surface area contributed by atoms with E-state index in [0.717, 1.165) is 0 Å². The standard InChI is InChI=1S/C7H3Cl6N/c8-3-1-2-14-5(7(11,12)13)4(3)6(9)10/h1-2,6H. The van der Waals surface area contributed by atoms with Crippen molar-refractivity contribution >= 4 is 69.6 Å². The molecule has 78 valence electrons. The average Bonchev–Trinajstić information content (AvgIpc) is 2.01. The molecule has 0 spiro atoms. The van der Waals surface area contributed by atoms with E-state index in [0.29, 0.717) is 10.6 Å². The van der Waals surface area contributed by atoms with E-state index < -0.39 is 8.63 Å². The van der Waals surface area contributed by atoms with Crippen LogP contribution in [-0.4, -0.2) is 4.98 Å². The number of aromatic nitrogens is 1. The highest BCUT2D eigenvalue weighted by Gasteiger charge is 2.31. The summed E-state index contributed by atoms with van der Waals surface area (Å²) in [6.07, 6.45) is 1.42. The van der Waals surface area contributed by atoms with Crippen LogP contribution in [0.5, 0.6) is 0 Å². The van der Waals surface area contributed by atoms with E-state index in [1.807, 2.05) is 0 Å². The van der Waals surface area contributed by atoms with E-state index in [4.69, 9.17) is 69.6 Å². The summed E-state index contributed by atoms with van der Waals surface area (Å²) in [5.41, 5.74) is 0.461. The fraction of sp³-hybridized carbons (Fsp3) is 0.286. The summed E-state index contributed by atoms with van der Waals surface area (Å²) < 4.78 is -1.69. The van der Waals surface area contributed by atoms with Crippen LogP contribution in [0.2, 0.25) is 5.02 Å². The van der Waals surface area contributed by atoms with Gasteiger partial charge in [-0.15, -0.1) is 0 Å². The molecule has 0 aliphatic heterocycles. The Bertz CT molecular complexity index is 331. The lowest BCUT2D eigenvalue weighted by Gasteiger charge is -2.16. The lowest BCUT2D eigenvalue weighted by molar-refractivity contribution is 1.03. The van der Waals surface area contributed by atoms with Crippen LogP contribution in [0.3, 0.4) is 0 Å². The van der Waals surface area contributed by atoms with Crippen molar-refractivity contribution in [2.24, 2.45) is 0 Å². The largest absolute Gasteiger partial charge is 0.256 e. The minimum Gasteiger partial charge on any atom is -0.256 e. The SMILES string of the molecule is Clc1ccnc(C(Cl)(Cl)Cl)c1C(Cl)Cl. The summed E-state index contributed by atoms with van der Waals surface area (Å²) in [5, 5.41) is 0.316. The van der Waals surface area contributed by atoms with Gasteiger partial charge in [0.05, 0.1) is 5.69 Å². The van der Waals surface area contributed by atoms with Crippen LogP contribution in [-0.2, 0) is 3.79 Å². The van der Waals surface area contributed by atoms with Crippen LogP contribution < -0.4 is 0 Å². The van der Waals surface area contributed by atoms with Crippen LogP contribution in [0.1, 0.15) is 16.1 Å². The number of alkyl halides is 5. The highest BCUT2D eigenvalue weighted by molar-refractivity contribution is 6.66. The molecule has 1 aromatic rings. The monoisotopic (exact) mass is 311 g/mol. The van der Waals surface area contributed by atoms with Crippen molar-refractivity contribution in [1.29, 1.82) is 0 Å². The predicted molar refractivity (Wildman–Crippen MR) is 62.9 cm³/mol. The fourth-order valence-electron chi connectivity index (χ4n) is 0.883. The maximum atomic E-state index is 5.85. The van der Waals surface area contributed by atoms with Gasteiger partial charge in [-0.05, 0) is 6.07 Å². The predicted octanol–water partition coefficient (Wildman–Crippen LogP) is 5.04. The second-order valence-corrected chi connectivity index (χ2v) is 6.14. The number of hydrogen-bond acceptors (Lipinski definition) is 1. The molecule has 0 bridgehead atoms. The summed E-state index contributed by atoms with van der Waals surface area (Å²) in [7, 11) is 0. The molecule has 7 heteroatoms. The van der Waals surface area contributed by atoms with Crippen molar-refractivity contribution in [3.05, 3.63) is 28.5 Å². The van der Waals surface area contributed by atoms with Crippen molar-refractivity contribution in [1.82, 2.24) is 4.98 Å². The Morgan fingerprint density at radius 1 is 1.21 bits per heavy atom. The van der Waals surface area contributed by atoms with E-state index in [1.165, 1.54) is 12.3 Å². The Balaban J connectivity index is 3.36. The zero-order valence-corrected chi connectivity index (χ0v) is 11.0. The third-order valence-corrected chi connectivity index (χ3v) is 2.73. The van der Waals surface area contributed by atoms with E-state index in [1.54, 1.807) is 0 Å². The first-order valence-corrected chi connectivity index (χ1v) is 5.72. The Morgan fingerprint density at radius 2 is 1.79 bits per heavy atom. The van der Waals surface area contributed by atoms with Crippen molar-refractivity contribution < 1.29 is 0 Å². The summed E-state index contributed by atoms with van der Waals surface area (Å²) in [5.74, 6) is 0. The first-order chi connectivity index (χ1) is 6.34. The van der Waals surface area contributed by atoms with Crippen molar-refractivity contribution in [2.75, 3.05) is 0 Å².